The number of nitrogens with zero attached hydrogens (tertiary/aromatic N) is 1. The molecular weight excluding hydrogens is 290 g/mol. The molecule has 0 atom stereocenters. The summed E-state index contributed by atoms with van der Waals surface area (Å²) in [6.07, 6.45) is 0. The predicted octanol–water partition coefficient (Wildman–Crippen LogP) is 1.32. The van der Waals surface area contributed by atoms with Crippen molar-refractivity contribution < 1.29 is 19.2 Å². The molecule has 8 heteroatoms. The Labute approximate surface area is 128 Å². The van der Waals surface area contributed by atoms with Gasteiger partial charge in [0.25, 0.3) is 11.6 Å². The van der Waals surface area contributed by atoms with Crippen molar-refractivity contribution in [3.63, 3.8) is 0 Å². The Hall–Kier alpha value is -2.64. The first-order valence-corrected chi connectivity index (χ1v) is 6.82. The van der Waals surface area contributed by atoms with Gasteiger partial charge in [0.1, 0.15) is 0 Å². The molecule has 2 N–H and O–H groups in total. The van der Waals surface area contributed by atoms with Crippen molar-refractivity contribution in [2.75, 3.05) is 25.0 Å². The van der Waals surface area contributed by atoms with Gasteiger partial charge in [0.15, 0.2) is 6.61 Å². The molecule has 0 bridgehead atoms. The van der Waals surface area contributed by atoms with Gasteiger partial charge >= 0.3 is 5.97 Å². The van der Waals surface area contributed by atoms with Gasteiger partial charge in [0, 0.05) is 30.9 Å². The summed E-state index contributed by atoms with van der Waals surface area (Å²) in [6, 6.07) is 5.97. The summed E-state index contributed by atoms with van der Waals surface area (Å²) in [7, 11) is 0. The van der Waals surface area contributed by atoms with Crippen LogP contribution in [0.4, 0.5) is 11.4 Å². The van der Waals surface area contributed by atoms with E-state index in [0.717, 1.165) is 0 Å². The van der Waals surface area contributed by atoms with Gasteiger partial charge in [-0.2, -0.15) is 0 Å². The number of carbonyl (C=O) groups excluding carboxylic acids is 2. The van der Waals surface area contributed by atoms with Crippen molar-refractivity contribution in [1.82, 2.24) is 5.32 Å². The first kappa shape index (κ1) is 17.4. The minimum atomic E-state index is -0.470. The van der Waals surface area contributed by atoms with Gasteiger partial charge in [0.05, 0.1) is 10.8 Å². The molecule has 0 radical (unpaired) electrons. The van der Waals surface area contributed by atoms with Gasteiger partial charge in [-0.15, -0.1) is 0 Å². The number of amides is 1. The Bertz CT molecular complexity index is 528. The lowest BCUT2D eigenvalue weighted by Crippen LogP contribution is -2.33. The van der Waals surface area contributed by atoms with Crippen LogP contribution in [-0.2, 0) is 14.3 Å². The number of non-ortho nitro benzene ring substituents is 1. The highest BCUT2D eigenvalue weighted by Gasteiger charge is 2.10. The molecular formula is C14H19N3O5. The van der Waals surface area contributed by atoms with Crippen molar-refractivity contribution in [1.29, 1.82) is 0 Å². The van der Waals surface area contributed by atoms with Gasteiger partial charge in [0.2, 0.25) is 0 Å². The monoisotopic (exact) mass is 309 g/mol. The van der Waals surface area contributed by atoms with Gasteiger partial charge in [-0.3, -0.25) is 19.7 Å². The summed E-state index contributed by atoms with van der Waals surface area (Å²) in [5.41, 5.74) is 0.733. The third kappa shape index (κ3) is 6.21. The highest BCUT2D eigenvalue weighted by molar-refractivity contribution is 5.80. The molecule has 0 saturated carbocycles. The fraction of sp³-hybridized carbons (Fsp3) is 0.429. The largest absolute Gasteiger partial charge is 0.455 e. The van der Waals surface area contributed by atoms with E-state index in [1.807, 2.05) is 0 Å². The number of hydrogen-bond donors (Lipinski definition) is 2. The number of esters is 1. The number of nitro benzene ring substituents is 1. The van der Waals surface area contributed by atoms with E-state index in [9.17, 15) is 19.7 Å². The first-order chi connectivity index (χ1) is 10.4. The maximum atomic E-state index is 11.4. The molecule has 0 fully saturated rings. The van der Waals surface area contributed by atoms with E-state index in [1.54, 1.807) is 26.0 Å². The molecule has 0 aliphatic heterocycles. The van der Waals surface area contributed by atoms with Crippen molar-refractivity contribution in [2.24, 2.45) is 5.92 Å². The van der Waals surface area contributed by atoms with E-state index < -0.39 is 10.9 Å². The smallest absolute Gasteiger partial charge is 0.308 e. The van der Waals surface area contributed by atoms with E-state index in [-0.39, 0.29) is 24.1 Å². The van der Waals surface area contributed by atoms with E-state index in [1.165, 1.54) is 12.1 Å². The molecule has 0 unspecified atom stereocenters. The minimum absolute atomic E-state index is 0.0193. The van der Waals surface area contributed by atoms with Crippen molar-refractivity contribution in [2.45, 2.75) is 13.8 Å². The molecule has 1 aromatic carbocycles. The highest BCUT2D eigenvalue weighted by Crippen LogP contribution is 2.14. The Kier molecular flexibility index (Phi) is 6.81. The molecule has 0 saturated heterocycles. The first-order valence-electron chi connectivity index (χ1n) is 6.82. The summed E-state index contributed by atoms with van der Waals surface area (Å²) in [4.78, 5) is 32.6. The number of nitrogens with one attached hydrogen (secondary N) is 2. The second kappa shape index (κ2) is 8.60. The van der Waals surface area contributed by atoms with Crippen LogP contribution >= 0.6 is 0 Å². The van der Waals surface area contributed by atoms with E-state index in [0.29, 0.717) is 18.8 Å². The van der Waals surface area contributed by atoms with Gasteiger partial charge in [-0.1, -0.05) is 13.8 Å². The second-order valence-corrected chi connectivity index (χ2v) is 4.84. The lowest BCUT2D eigenvalue weighted by molar-refractivity contribution is -0.384. The third-order valence-electron chi connectivity index (χ3n) is 2.67. The predicted molar refractivity (Wildman–Crippen MR) is 80.4 cm³/mol. The van der Waals surface area contributed by atoms with Crippen LogP contribution in [-0.4, -0.2) is 36.5 Å². The summed E-state index contributed by atoms with van der Waals surface area (Å²) >= 11 is 0. The average Bonchev–Trinajstić information content (AvgIpc) is 2.49. The number of ether oxygens (including phenoxy) is 1. The van der Waals surface area contributed by atoms with Crippen LogP contribution in [0.25, 0.3) is 0 Å². The molecule has 120 valence electrons. The van der Waals surface area contributed by atoms with Crippen LogP contribution < -0.4 is 10.6 Å². The SMILES string of the molecule is CC(C)C(=O)OCC(=O)NCCNc1ccc([N+](=O)[O-])cc1. The molecule has 0 aliphatic carbocycles. The fourth-order valence-corrected chi connectivity index (χ4v) is 1.46. The average molecular weight is 309 g/mol. The molecule has 1 rings (SSSR count). The highest BCUT2D eigenvalue weighted by atomic mass is 16.6. The maximum absolute atomic E-state index is 11.4. The Morgan fingerprint density at radius 3 is 2.41 bits per heavy atom. The zero-order chi connectivity index (χ0) is 16.5. The minimum Gasteiger partial charge on any atom is -0.455 e. The molecule has 0 spiro atoms. The standard InChI is InChI=1S/C14H19N3O5/c1-10(2)14(19)22-9-13(18)16-8-7-15-11-3-5-12(6-4-11)17(20)21/h3-6,10,15H,7-9H2,1-2H3,(H,16,18). The van der Waals surface area contributed by atoms with Crippen LogP contribution in [0.3, 0.4) is 0 Å². The molecule has 8 nitrogen and oxygen atoms in total. The molecule has 0 aromatic heterocycles. The molecule has 1 amide bonds. The quantitative estimate of drug-likeness (QED) is 0.324. The van der Waals surface area contributed by atoms with Crippen molar-refractivity contribution in [3.05, 3.63) is 34.4 Å². The van der Waals surface area contributed by atoms with E-state index in [4.69, 9.17) is 4.74 Å². The Morgan fingerprint density at radius 1 is 1.23 bits per heavy atom. The molecule has 1 aromatic rings. The Balaban J connectivity index is 2.20. The summed E-state index contributed by atoms with van der Waals surface area (Å²) < 4.78 is 4.78. The number of rotatable bonds is 8. The van der Waals surface area contributed by atoms with E-state index >= 15 is 0 Å². The van der Waals surface area contributed by atoms with Crippen LogP contribution in [0, 0.1) is 16.0 Å². The van der Waals surface area contributed by atoms with E-state index in [2.05, 4.69) is 10.6 Å². The lowest BCUT2D eigenvalue weighted by Gasteiger charge is -2.09. The topological polar surface area (TPSA) is 111 Å². The van der Waals surface area contributed by atoms with Gasteiger partial charge in [-0.05, 0) is 12.1 Å². The maximum Gasteiger partial charge on any atom is 0.308 e. The van der Waals surface area contributed by atoms with Crippen LogP contribution in [0.1, 0.15) is 13.8 Å². The number of carbonyl (C=O) groups is 2. The van der Waals surface area contributed by atoms with Crippen LogP contribution in [0.5, 0.6) is 0 Å². The van der Waals surface area contributed by atoms with Gasteiger partial charge < -0.3 is 15.4 Å². The zero-order valence-electron chi connectivity index (χ0n) is 12.5. The number of nitro groups is 1. The summed E-state index contributed by atoms with van der Waals surface area (Å²) in [6.45, 7) is 3.87. The van der Waals surface area contributed by atoms with Crippen LogP contribution in [0.15, 0.2) is 24.3 Å². The zero-order valence-corrected chi connectivity index (χ0v) is 12.5. The summed E-state index contributed by atoms with van der Waals surface area (Å²) in [5, 5.41) is 16.1. The molecule has 0 heterocycles. The number of anilines is 1. The number of hydrogen-bond acceptors (Lipinski definition) is 6. The lowest BCUT2D eigenvalue weighted by atomic mass is 10.2. The van der Waals surface area contributed by atoms with Crippen molar-refractivity contribution in [3.8, 4) is 0 Å². The Morgan fingerprint density at radius 2 is 1.86 bits per heavy atom. The second-order valence-electron chi connectivity index (χ2n) is 4.84. The molecule has 22 heavy (non-hydrogen) atoms. The normalized spacial score (nSPS) is 10.1. The number of benzene rings is 1. The molecule has 0 aliphatic rings. The summed E-state index contributed by atoms with van der Waals surface area (Å²) in [5.74, 6) is -1.06. The van der Waals surface area contributed by atoms with Crippen molar-refractivity contribution >= 4 is 23.3 Å². The van der Waals surface area contributed by atoms with Crippen LogP contribution in [0.2, 0.25) is 0 Å². The van der Waals surface area contributed by atoms with Gasteiger partial charge in [-0.25, -0.2) is 0 Å². The third-order valence-corrected chi connectivity index (χ3v) is 2.67. The fourth-order valence-electron chi connectivity index (χ4n) is 1.46.